The van der Waals surface area contributed by atoms with Gasteiger partial charge in [0.05, 0.1) is 6.04 Å². The lowest BCUT2D eigenvalue weighted by atomic mass is 10.1. The molecule has 19 heavy (non-hydrogen) atoms. The Labute approximate surface area is 124 Å². The van der Waals surface area contributed by atoms with Gasteiger partial charge in [0.2, 0.25) is 0 Å². The van der Waals surface area contributed by atoms with Gasteiger partial charge in [-0.05, 0) is 42.0 Å². The van der Waals surface area contributed by atoms with E-state index in [0.717, 1.165) is 15.7 Å². The lowest BCUT2D eigenvalue weighted by Crippen LogP contribution is -2.20. The summed E-state index contributed by atoms with van der Waals surface area (Å²) in [5.74, 6) is -0.267. The molecule has 0 aliphatic carbocycles. The van der Waals surface area contributed by atoms with Crippen molar-refractivity contribution >= 4 is 33.2 Å². The summed E-state index contributed by atoms with van der Waals surface area (Å²) < 4.78 is 13.8. The monoisotopic (exact) mass is 342 g/mol. The van der Waals surface area contributed by atoms with E-state index in [0.29, 0.717) is 11.6 Å². The molecule has 2 aromatic rings. The average Bonchev–Trinajstić information content (AvgIpc) is 2.39. The Morgan fingerprint density at radius 3 is 2.47 bits per heavy atom. The van der Waals surface area contributed by atoms with Crippen LogP contribution in [0.25, 0.3) is 0 Å². The van der Waals surface area contributed by atoms with E-state index >= 15 is 0 Å². The number of nitrogens with one attached hydrogen (secondary N) is 1. The Morgan fingerprint density at radius 2 is 1.89 bits per heavy atom. The molecule has 0 bridgehead atoms. The van der Waals surface area contributed by atoms with Gasteiger partial charge in [-0.25, -0.2) is 4.39 Å². The minimum Gasteiger partial charge on any atom is -0.377 e. The third-order valence-electron chi connectivity index (χ3n) is 2.76. The number of rotatable bonds is 4. The Hall–Kier alpha value is -1.10. The molecule has 0 aromatic heterocycles. The van der Waals surface area contributed by atoms with E-state index in [1.807, 2.05) is 18.2 Å². The molecule has 3 N–H and O–H groups in total. The van der Waals surface area contributed by atoms with Gasteiger partial charge >= 0.3 is 0 Å². The molecule has 0 radical (unpaired) electrons. The number of halogens is 3. The average molecular weight is 344 g/mol. The van der Waals surface area contributed by atoms with Crippen LogP contribution in [0.15, 0.2) is 46.9 Å². The predicted molar refractivity (Wildman–Crippen MR) is 81.0 cm³/mol. The van der Waals surface area contributed by atoms with Crippen LogP contribution in [0.4, 0.5) is 10.1 Å². The summed E-state index contributed by atoms with van der Waals surface area (Å²) in [5.41, 5.74) is 7.50. The maximum Gasteiger partial charge on any atom is 0.123 e. The van der Waals surface area contributed by atoms with Gasteiger partial charge in [-0.15, -0.1) is 0 Å². The van der Waals surface area contributed by atoms with Crippen LogP contribution in [0, 0.1) is 5.82 Å². The molecule has 0 saturated heterocycles. The molecule has 0 aliphatic heterocycles. The summed E-state index contributed by atoms with van der Waals surface area (Å²) in [5, 5.41) is 3.88. The first-order chi connectivity index (χ1) is 9.10. The third kappa shape index (κ3) is 3.69. The van der Waals surface area contributed by atoms with Crippen LogP contribution < -0.4 is 11.1 Å². The number of hydrogen-bond acceptors (Lipinski definition) is 2. The van der Waals surface area contributed by atoms with Gasteiger partial charge in [0.15, 0.2) is 0 Å². The van der Waals surface area contributed by atoms with E-state index in [9.17, 15) is 4.39 Å². The third-order valence-corrected chi connectivity index (χ3v) is 3.58. The normalized spacial score (nSPS) is 12.2. The Kier molecular flexibility index (Phi) is 4.80. The first-order valence-electron chi connectivity index (χ1n) is 5.77. The molecule has 0 spiro atoms. The van der Waals surface area contributed by atoms with Crippen LogP contribution in [0.1, 0.15) is 11.6 Å². The highest BCUT2D eigenvalue weighted by Crippen LogP contribution is 2.28. The largest absolute Gasteiger partial charge is 0.377 e. The quantitative estimate of drug-likeness (QED) is 0.866. The van der Waals surface area contributed by atoms with Crippen molar-refractivity contribution in [3.63, 3.8) is 0 Å². The lowest BCUT2D eigenvalue weighted by Gasteiger charge is -2.20. The van der Waals surface area contributed by atoms with Crippen molar-refractivity contribution in [1.82, 2.24) is 0 Å². The minimum atomic E-state index is -0.267. The fourth-order valence-electron chi connectivity index (χ4n) is 1.80. The second-order valence-corrected chi connectivity index (χ2v) is 5.43. The van der Waals surface area contributed by atoms with E-state index in [4.69, 9.17) is 17.3 Å². The van der Waals surface area contributed by atoms with Crippen molar-refractivity contribution in [2.24, 2.45) is 5.73 Å². The predicted octanol–water partition coefficient (Wildman–Crippen LogP) is 4.35. The molecule has 2 nitrogen and oxygen atoms in total. The zero-order valence-corrected chi connectivity index (χ0v) is 12.4. The van der Waals surface area contributed by atoms with Gasteiger partial charge < -0.3 is 11.1 Å². The fraction of sp³-hybridized carbons (Fsp3) is 0.143. The Morgan fingerprint density at radius 1 is 1.21 bits per heavy atom. The molecule has 1 atom stereocenters. The zero-order chi connectivity index (χ0) is 13.8. The van der Waals surface area contributed by atoms with Gasteiger partial charge in [-0.3, -0.25) is 0 Å². The van der Waals surface area contributed by atoms with Crippen LogP contribution >= 0.6 is 27.5 Å². The van der Waals surface area contributed by atoms with Gasteiger partial charge in [0.1, 0.15) is 5.82 Å². The van der Waals surface area contributed by atoms with Crippen molar-refractivity contribution in [2.75, 3.05) is 11.9 Å². The van der Waals surface area contributed by atoms with Crippen molar-refractivity contribution in [2.45, 2.75) is 6.04 Å². The van der Waals surface area contributed by atoms with Crippen LogP contribution in [0.5, 0.6) is 0 Å². The maximum atomic E-state index is 12.9. The highest BCUT2D eigenvalue weighted by atomic mass is 79.9. The van der Waals surface area contributed by atoms with Gasteiger partial charge in [0.25, 0.3) is 0 Å². The summed E-state index contributed by atoms with van der Waals surface area (Å²) in [6.45, 7) is 0.388. The second kappa shape index (κ2) is 6.37. The summed E-state index contributed by atoms with van der Waals surface area (Å²) in [6, 6.07) is 11.7. The summed E-state index contributed by atoms with van der Waals surface area (Å²) >= 11 is 9.57. The first kappa shape index (κ1) is 14.3. The van der Waals surface area contributed by atoms with Crippen LogP contribution in [-0.4, -0.2) is 6.54 Å². The molecule has 0 amide bonds. The number of nitrogens with two attached hydrogens (primary N) is 1. The number of hydrogen-bond donors (Lipinski definition) is 2. The first-order valence-corrected chi connectivity index (χ1v) is 6.94. The van der Waals surface area contributed by atoms with E-state index in [-0.39, 0.29) is 11.9 Å². The topological polar surface area (TPSA) is 38.0 Å². The molecule has 5 heteroatoms. The van der Waals surface area contributed by atoms with E-state index in [2.05, 4.69) is 21.2 Å². The molecule has 0 heterocycles. The molecule has 0 saturated carbocycles. The highest BCUT2D eigenvalue weighted by molar-refractivity contribution is 9.10. The van der Waals surface area contributed by atoms with Crippen molar-refractivity contribution < 1.29 is 4.39 Å². The van der Waals surface area contributed by atoms with E-state index < -0.39 is 0 Å². The molecule has 0 aliphatic rings. The van der Waals surface area contributed by atoms with Gasteiger partial charge in [-0.1, -0.05) is 33.6 Å². The molecular formula is C14H13BrClFN2. The molecule has 2 aromatic carbocycles. The summed E-state index contributed by atoms with van der Waals surface area (Å²) in [6.07, 6.45) is 0. The van der Waals surface area contributed by atoms with Crippen molar-refractivity contribution in [3.05, 3.63) is 63.3 Å². The molecular weight excluding hydrogens is 331 g/mol. The summed E-state index contributed by atoms with van der Waals surface area (Å²) in [4.78, 5) is 0. The van der Waals surface area contributed by atoms with E-state index in [1.54, 1.807) is 12.1 Å². The fourth-order valence-corrected chi connectivity index (χ4v) is 2.60. The number of anilines is 1. The molecule has 100 valence electrons. The number of benzene rings is 2. The minimum absolute atomic E-state index is 0.119. The van der Waals surface area contributed by atoms with Gasteiger partial charge in [0, 0.05) is 21.7 Å². The maximum absolute atomic E-state index is 12.9. The standard InChI is InChI=1S/C14H13BrClFN2/c15-9-1-6-12(13(16)7-9)14(8-18)19-11-4-2-10(17)3-5-11/h1-7,14,19H,8,18H2. The highest BCUT2D eigenvalue weighted by Gasteiger charge is 2.13. The summed E-state index contributed by atoms with van der Waals surface area (Å²) in [7, 11) is 0. The van der Waals surface area contributed by atoms with Gasteiger partial charge in [-0.2, -0.15) is 0 Å². The SMILES string of the molecule is NCC(Nc1ccc(F)cc1)c1ccc(Br)cc1Cl. The Balaban J connectivity index is 2.22. The second-order valence-electron chi connectivity index (χ2n) is 4.11. The molecule has 1 unspecified atom stereocenters. The Bertz CT molecular complexity index is 560. The molecule has 0 fully saturated rings. The van der Waals surface area contributed by atoms with Crippen LogP contribution in [0.3, 0.4) is 0 Å². The van der Waals surface area contributed by atoms with Crippen molar-refractivity contribution in [3.8, 4) is 0 Å². The van der Waals surface area contributed by atoms with Crippen LogP contribution in [-0.2, 0) is 0 Å². The smallest absolute Gasteiger partial charge is 0.123 e. The zero-order valence-electron chi connectivity index (χ0n) is 10.0. The van der Waals surface area contributed by atoms with Crippen molar-refractivity contribution in [1.29, 1.82) is 0 Å². The molecule has 2 rings (SSSR count). The van der Waals surface area contributed by atoms with E-state index in [1.165, 1.54) is 12.1 Å². The van der Waals surface area contributed by atoms with Crippen LogP contribution in [0.2, 0.25) is 5.02 Å². The lowest BCUT2D eigenvalue weighted by molar-refractivity contribution is 0.628.